The predicted octanol–water partition coefficient (Wildman–Crippen LogP) is 4.83. The van der Waals surface area contributed by atoms with Crippen molar-refractivity contribution in [2.75, 3.05) is 24.4 Å². The SMILES string of the molecule is CCOc1cc(C(=O)Nc2cc(F)ccc2NC(=O)OC(C)(C)C)ccc1OC. The summed E-state index contributed by atoms with van der Waals surface area (Å²) in [7, 11) is 1.50. The zero-order chi connectivity index (χ0) is 21.6. The van der Waals surface area contributed by atoms with E-state index < -0.39 is 23.4 Å². The van der Waals surface area contributed by atoms with Gasteiger partial charge >= 0.3 is 6.09 Å². The molecule has 0 aromatic heterocycles. The molecular weight excluding hydrogens is 379 g/mol. The normalized spacial score (nSPS) is 10.8. The highest BCUT2D eigenvalue weighted by Gasteiger charge is 2.19. The van der Waals surface area contributed by atoms with Crippen LogP contribution in [-0.2, 0) is 4.74 Å². The Morgan fingerprint density at radius 3 is 2.34 bits per heavy atom. The molecule has 0 saturated carbocycles. The molecule has 0 radical (unpaired) electrons. The summed E-state index contributed by atoms with van der Waals surface area (Å²) in [6, 6.07) is 8.30. The first-order chi connectivity index (χ1) is 13.6. The van der Waals surface area contributed by atoms with Crippen molar-refractivity contribution in [3.8, 4) is 11.5 Å². The standard InChI is InChI=1S/C21H25FN2O5/c1-6-28-18-11-13(7-10-17(18)27-5)19(25)23-16-12-14(22)8-9-15(16)24-20(26)29-21(2,3)4/h7-12H,6H2,1-5H3,(H,23,25)(H,24,26). The lowest BCUT2D eigenvalue weighted by Crippen LogP contribution is -2.27. The number of carbonyl (C=O) groups excluding carboxylic acids is 2. The Balaban J connectivity index is 2.25. The Morgan fingerprint density at radius 1 is 1.00 bits per heavy atom. The maximum Gasteiger partial charge on any atom is 0.412 e. The van der Waals surface area contributed by atoms with Crippen LogP contribution in [0.2, 0.25) is 0 Å². The van der Waals surface area contributed by atoms with Gasteiger partial charge in [0.1, 0.15) is 11.4 Å². The molecule has 7 nitrogen and oxygen atoms in total. The lowest BCUT2D eigenvalue weighted by atomic mass is 10.1. The van der Waals surface area contributed by atoms with Gasteiger partial charge in [-0.15, -0.1) is 0 Å². The van der Waals surface area contributed by atoms with Gasteiger partial charge in [0.2, 0.25) is 0 Å². The Bertz CT molecular complexity index is 893. The van der Waals surface area contributed by atoms with E-state index in [0.29, 0.717) is 18.1 Å². The first kappa shape index (κ1) is 22.0. The third-order valence-corrected chi connectivity index (χ3v) is 3.59. The molecule has 8 heteroatoms. The number of amides is 2. The fraction of sp³-hybridized carbons (Fsp3) is 0.333. The Kier molecular flexibility index (Phi) is 7.03. The van der Waals surface area contributed by atoms with Crippen LogP contribution in [0.3, 0.4) is 0 Å². The van der Waals surface area contributed by atoms with Crippen LogP contribution in [0, 0.1) is 5.82 Å². The van der Waals surface area contributed by atoms with Gasteiger partial charge in [-0.1, -0.05) is 0 Å². The number of ether oxygens (including phenoxy) is 3. The van der Waals surface area contributed by atoms with Crippen LogP contribution in [0.5, 0.6) is 11.5 Å². The first-order valence-electron chi connectivity index (χ1n) is 9.04. The minimum absolute atomic E-state index is 0.0923. The second-order valence-electron chi connectivity index (χ2n) is 7.07. The Labute approximate surface area is 169 Å². The van der Waals surface area contributed by atoms with Crippen LogP contribution in [-0.4, -0.2) is 31.3 Å². The molecule has 2 N–H and O–H groups in total. The maximum atomic E-state index is 13.7. The van der Waals surface area contributed by atoms with E-state index in [1.54, 1.807) is 32.9 Å². The van der Waals surface area contributed by atoms with Gasteiger partial charge in [0.15, 0.2) is 11.5 Å². The van der Waals surface area contributed by atoms with Crippen LogP contribution in [0.4, 0.5) is 20.6 Å². The maximum absolute atomic E-state index is 13.7. The molecule has 0 fully saturated rings. The number of rotatable bonds is 6. The summed E-state index contributed by atoms with van der Waals surface area (Å²) in [4.78, 5) is 24.7. The van der Waals surface area contributed by atoms with Crippen molar-refractivity contribution in [2.45, 2.75) is 33.3 Å². The van der Waals surface area contributed by atoms with Gasteiger partial charge in [0.05, 0.1) is 25.1 Å². The van der Waals surface area contributed by atoms with Gasteiger partial charge in [-0.05, 0) is 64.1 Å². The number of methoxy groups -OCH3 is 1. The van der Waals surface area contributed by atoms with Crippen molar-refractivity contribution in [3.63, 3.8) is 0 Å². The minimum atomic E-state index is -0.720. The summed E-state index contributed by atoms with van der Waals surface area (Å²) in [6.07, 6.45) is -0.720. The molecule has 0 aliphatic heterocycles. The van der Waals surface area contributed by atoms with Crippen LogP contribution in [0.25, 0.3) is 0 Å². The van der Waals surface area contributed by atoms with E-state index in [4.69, 9.17) is 14.2 Å². The number of benzene rings is 2. The average Bonchev–Trinajstić information content (AvgIpc) is 2.62. The fourth-order valence-corrected chi connectivity index (χ4v) is 2.42. The van der Waals surface area contributed by atoms with Crippen molar-refractivity contribution in [1.29, 1.82) is 0 Å². The molecule has 2 aromatic carbocycles. The van der Waals surface area contributed by atoms with Crippen molar-refractivity contribution in [2.24, 2.45) is 0 Å². The van der Waals surface area contributed by atoms with Crippen LogP contribution in [0.1, 0.15) is 38.1 Å². The number of hydrogen-bond acceptors (Lipinski definition) is 5. The topological polar surface area (TPSA) is 85.9 Å². The van der Waals surface area contributed by atoms with Crippen molar-refractivity contribution in [3.05, 3.63) is 47.8 Å². The van der Waals surface area contributed by atoms with Gasteiger partial charge in [-0.25, -0.2) is 9.18 Å². The quantitative estimate of drug-likeness (QED) is 0.720. The highest BCUT2D eigenvalue weighted by Crippen LogP contribution is 2.29. The molecule has 0 aliphatic carbocycles. The molecule has 2 amide bonds. The smallest absolute Gasteiger partial charge is 0.412 e. The van der Waals surface area contributed by atoms with Crippen LogP contribution in [0.15, 0.2) is 36.4 Å². The zero-order valence-corrected chi connectivity index (χ0v) is 17.1. The second kappa shape index (κ2) is 9.27. The average molecular weight is 404 g/mol. The largest absolute Gasteiger partial charge is 0.493 e. The summed E-state index contributed by atoms with van der Waals surface area (Å²) in [5.41, 5.74) is -0.129. The molecule has 0 unspecified atom stereocenters. The summed E-state index contributed by atoms with van der Waals surface area (Å²) >= 11 is 0. The third kappa shape index (κ3) is 6.38. The molecule has 0 spiro atoms. The Morgan fingerprint density at radius 2 is 1.72 bits per heavy atom. The number of anilines is 2. The highest BCUT2D eigenvalue weighted by atomic mass is 19.1. The molecule has 156 valence electrons. The number of hydrogen-bond donors (Lipinski definition) is 2. The summed E-state index contributed by atoms with van der Waals surface area (Å²) in [5, 5.41) is 5.11. The van der Waals surface area contributed by atoms with Crippen LogP contribution < -0.4 is 20.1 Å². The third-order valence-electron chi connectivity index (χ3n) is 3.59. The second-order valence-corrected chi connectivity index (χ2v) is 7.07. The van der Waals surface area contributed by atoms with Crippen molar-refractivity contribution in [1.82, 2.24) is 0 Å². The fourth-order valence-electron chi connectivity index (χ4n) is 2.42. The van der Waals surface area contributed by atoms with E-state index in [1.165, 1.54) is 25.3 Å². The molecule has 0 saturated heterocycles. The molecule has 2 rings (SSSR count). The van der Waals surface area contributed by atoms with E-state index in [0.717, 1.165) is 6.07 Å². The molecule has 2 aromatic rings. The van der Waals surface area contributed by atoms with Crippen molar-refractivity contribution < 1.29 is 28.2 Å². The number of halogens is 1. The van der Waals surface area contributed by atoms with Crippen LogP contribution >= 0.6 is 0 Å². The van der Waals surface area contributed by atoms with E-state index in [9.17, 15) is 14.0 Å². The van der Waals surface area contributed by atoms with Gasteiger partial charge in [-0.3, -0.25) is 10.1 Å². The van der Waals surface area contributed by atoms with Crippen molar-refractivity contribution >= 4 is 23.4 Å². The molecule has 0 heterocycles. The van der Waals surface area contributed by atoms with Gasteiger partial charge < -0.3 is 19.5 Å². The molecule has 0 bridgehead atoms. The summed E-state index contributed by atoms with van der Waals surface area (Å²) < 4.78 is 29.6. The summed E-state index contributed by atoms with van der Waals surface area (Å²) in [5.74, 6) is -0.179. The molecule has 0 atom stereocenters. The number of carbonyl (C=O) groups is 2. The first-order valence-corrected chi connectivity index (χ1v) is 9.04. The predicted molar refractivity (Wildman–Crippen MR) is 108 cm³/mol. The minimum Gasteiger partial charge on any atom is -0.493 e. The summed E-state index contributed by atoms with van der Waals surface area (Å²) in [6.45, 7) is 7.38. The lowest BCUT2D eigenvalue weighted by molar-refractivity contribution is 0.0635. The zero-order valence-electron chi connectivity index (χ0n) is 17.1. The molecule has 29 heavy (non-hydrogen) atoms. The Hall–Kier alpha value is -3.29. The van der Waals surface area contributed by atoms with Gasteiger partial charge in [0.25, 0.3) is 5.91 Å². The molecular formula is C21H25FN2O5. The molecule has 0 aliphatic rings. The number of nitrogens with one attached hydrogen (secondary N) is 2. The van der Waals surface area contributed by atoms with E-state index >= 15 is 0 Å². The van der Waals surface area contributed by atoms with Gasteiger partial charge in [0, 0.05) is 5.56 Å². The van der Waals surface area contributed by atoms with Gasteiger partial charge in [-0.2, -0.15) is 0 Å². The van der Waals surface area contributed by atoms with E-state index in [-0.39, 0.29) is 16.9 Å². The van der Waals surface area contributed by atoms with E-state index in [1.807, 2.05) is 6.92 Å². The highest BCUT2D eigenvalue weighted by molar-refractivity contribution is 6.07. The van der Waals surface area contributed by atoms with E-state index in [2.05, 4.69) is 10.6 Å². The monoisotopic (exact) mass is 404 g/mol. The lowest BCUT2D eigenvalue weighted by Gasteiger charge is -2.20.